The lowest BCUT2D eigenvalue weighted by Crippen LogP contribution is -2.42. The number of nitrogens with zero attached hydrogens (tertiary/aromatic N) is 3. The monoisotopic (exact) mass is 420 g/mol. The Morgan fingerprint density at radius 2 is 1.94 bits per heavy atom. The third-order valence-corrected chi connectivity index (χ3v) is 7.23. The molecule has 164 valence electrons. The summed E-state index contributed by atoms with van der Waals surface area (Å²) in [5.74, 6) is 2.02. The van der Waals surface area contributed by atoms with Crippen LogP contribution in [0.1, 0.15) is 41.5 Å². The topological polar surface area (TPSA) is 76.5 Å². The number of para-hydroxylation sites is 2. The zero-order valence-corrected chi connectivity index (χ0v) is 18.4. The van der Waals surface area contributed by atoms with Crippen LogP contribution in [0.5, 0.6) is 5.75 Å². The predicted molar refractivity (Wildman–Crippen MR) is 122 cm³/mol. The van der Waals surface area contributed by atoms with Gasteiger partial charge in [0, 0.05) is 25.6 Å². The molecule has 3 N–H and O–H groups in total. The predicted octanol–water partition coefficient (Wildman–Crippen LogP) is 3.44. The molecule has 1 fully saturated rings. The maximum atomic E-state index is 10.7. The van der Waals surface area contributed by atoms with E-state index in [1.165, 1.54) is 5.52 Å². The van der Waals surface area contributed by atoms with E-state index in [-0.39, 0.29) is 12.2 Å². The first-order chi connectivity index (χ1) is 15.0. The van der Waals surface area contributed by atoms with Crippen LogP contribution in [-0.4, -0.2) is 45.3 Å². The van der Waals surface area contributed by atoms with E-state index < -0.39 is 0 Å². The van der Waals surface area contributed by atoms with E-state index >= 15 is 0 Å². The number of nitrogens with two attached hydrogens (primary N) is 1. The van der Waals surface area contributed by atoms with Crippen LogP contribution in [0.15, 0.2) is 36.4 Å². The van der Waals surface area contributed by atoms with Gasteiger partial charge in [0.1, 0.15) is 11.6 Å². The largest absolute Gasteiger partial charge is 0.507 e. The molecule has 0 unspecified atom stereocenters. The number of aromatic hydroxyl groups is 1. The van der Waals surface area contributed by atoms with Gasteiger partial charge < -0.3 is 20.1 Å². The lowest BCUT2D eigenvalue weighted by molar-refractivity contribution is -0.0652. The van der Waals surface area contributed by atoms with Crippen molar-refractivity contribution in [3.05, 3.63) is 58.9 Å². The Bertz CT molecular complexity index is 1080. The molecule has 0 amide bonds. The maximum Gasteiger partial charge on any atom is 0.123 e. The van der Waals surface area contributed by atoms with E-state index in [1.807, 2.05) is 19.1 Å². The van der Waals surface area contributed by atoms with Gasteiger partial charge in [0.15, 0.2) is 0 Å². The second-order valence-electron chi connectivity index (χ2n) is 9.09. The molecule has 1 saturated heterocycles. The van der Waals surface area contributed by atoms with Crippen LogP contribution in [0, 0.1) is 12.8 Å². The number of phenols is 1. The highest BCUT2D eigenvalue weighted by atomic mass is 16.5. The van der Waals surface area contributed by atoms with Gasteiger partial charge in [-0.2, -0.15) is 0 Å². The Balaban J connectivity index is 1.26. The molecule has 0 saturated carbocycles. The van der Waals surface area contributed by atoms with Crippen molar-refractivity contribution in [2.75, 3.05) is 19.6 Å². The second kappa shape index (κ2) is 8.26. The molecule has 3 aromatic rings. The summed E-state index contributed by atoms with van der Waals surface area (Å²) in [6, 6.07) is 12.3. The number of hydrogen-bond acceptors (Lipinski definition) is 5. The lowest BCUT2D eigenvalue weighted by atomic mass is 9.83. The highest BCUT2D eigenvalue weighted by Crippen LogP contribution is 2.40. The molecule has 6 nitrogen and oxygen atoms in total. The normalized spacial score (nSPS) is 22.7. The number of ether oxygens (including phenoxy) is 1. The van der Waals surface area contributed by atoms with Gasteiger partial charge in [-0.25, -0.2) is 4.98 Å². The summed E-state index contributed by atoms with van der Waals surface area (Å²) in [6.45, 7) is 5.34. The molecule has 2 aliphatic rings. The number of phenolic OH excluding ortho intramolecular Hbond substituents is 1. The smallest absolute Gasteiger partial charge is 0.123 e. The molecule has 3 heterocycles. The van der Waals surface area contributed by atoms with Gasteiger partial charge in [0.25, 0.3) is 0 Å². The lowest BCUT2D eigenvalue weighted by Gasteiger charge is -2.40. The molecule has 2 aliphatic heterocycles. The molecule has 31 heavy (non-hydrogen) atoms. The van der Waals surface area contributed by atoms with Gasteiger partial charge >= 0.3 is 0 Å². The summed E-state index contributed by atoms with van der Waals surface area (Å²) >= 11 is 0. The minimum atomic E-state index is -0.127. The Morgan fingerprint density at radius 1 is 1.16 bits per heavy atom. The summed E-state index contributed by atoms with van der Waals surface area (Å²) in [5.41, 5.74) is 11.3. The molecule has 1 aromatic heterocycles. The van der Waals surface area contributed by atoms with Gasteiger partial charge in [0.2, 0.25) is 0 Å². The fourth-order valence-electron chi connectivity index (χ4n) is 5.30. The Hall–Kier alpha value is -2.41. The Kier molecular flexibility index (Phi) is 5.46. The maximum absolute atomic E-state index is 10.7. The highest BCUT2D eigenvalue weighted by Gasteiger charge is 2.35. The van der Waals surface area contributed by atoms with Crippen LogP contribution in [0.2, 0.25) is 0 Å². The number of hydrogen-bond donors (Lipinski definition) is 2. The van der Waals surface area contributed by atoms with Crippen molar-refractivity contribution in [2.45, 2.75) is 44.9 Å². The second-order valence-corrected chi connectivity index (χ2v) is 9.09. The summed E-state index contributed by atoms with van der Waals surface area (Å²) in [6.07, 6.45) is 2.95. The third-order valence-electron chi connectivity index (χ3n) is 7.23. The van der Waals surface area contributed by atoms with Crippen molar-refractivity contribution in [2.24, 2.45) is 18.7 Å². The number of aryl methyl sites for hydroxylation is 2. The summed E-state index contributed by atoms with van der Waals surface area (Å²) in [4.78, 5) is 7.33. The molecule has 6 heteroatoms. The van der Waals surface area contributed by atoms with Crippen molar-refractivity contribution in [3.8, 4) is 5.75 Å². The molecule has 0 spiro atoms. The van der Waals surface area contributed by atoms with Crippen LogP contribution in [0.4, 0.5) is 0 Å². The van der Waals surface area contributed by atoms with E-state index in [1.54, 1.807) is 0 Å². The van der Waals surface area contributed by atoms with Gasteiger partial charge in [0.05, 0.1) is 29.8 Å². The number of piperidine rings is 1. The minimum Gasteiger partial charge on any atom is -0.507 e. The van der Waals surface area contributed by atoms with Crippen LogP contribution < -0.4 is 5.73 Å². The molecular formula is C25H32N4O2. The van der Waals surface area contributed by atoms with Gasteiger partial charge in [-0.1, -0.05) is 24.3 Å². The van der Waals surface area contributed by atoms with Crippen LogP contribution in [0.3, 0.4) is 0 Å². The number of fused-ring (bicyclic) bond motifs is 2. The number of imidazole rings is 1. The van der Waals surface area contributed by atoms with E-state index in [9.17, 15) is 5.11 Å². The molecule has 0 aliphatic carbocycles. The SMILES string of the molecule is Cc1ccc2c(c1O)C[C@@H](C1CCN(Cc3nc4ccccc4n3C)CC1)O[C@H]2CN. The van der Waals surface area contributed by atoms with Crippen molar-refractivity contribution >= 4 is 11.0 Å². The van der Waals surface area contributed by atoms with Gasteiger partial charge in [-0.05, 0) is 62.0 Å². The van der Waals surface area contributed by atoms with E-state index in [0.29, 0.717) is 18.2 Å². The van der Waals surface area contributed by atoms with Crippen molar-refractivity contribution in [1.29, 1.82) is 0 Å². The van der Waals surface area contributed by atoms with Crippen LogP contribution >= 0.6 is 0 Å². The number of benzene rings is 2. The first-order valence-corrected chi connectivity index (χ1v) is 11.3. The molecule has 2 aromatic carbocycles. The van der Waals surface area contributed by atoms with Crippen LogP contribution in [-0.2, 0) is 24.8 Å². The quantitative estimate of drug-likeness (QED) is 0.676. The molecule has 2 atom stereocenters. The first-order valence-electron chi connectivity index (χ1n) is 11.3. The number of aromatic nitrogens is 2. The highest BCUT2D eigenvalue weighted by molar-refractivity contribution is 5.75. The van der Waals surface area contributed by atoms with E-state index in [0.717, 1.165) is 66.9 Å². The number of likely N-dealkylation sites (tertiary alicyclic amines) is 1. The van der Waals surface area contributed by atoms with E-state index in [2.05, 4.69) is 40.8 Å². The fourth-order valence-corrected chi connectivity index (χ4v) is 5.30. The zero-order chi connectivity index (χ0) is 21.5. The van der Waals surface area contributed by atoms with Crippen molar-refractivity contribution in [3.63, 3.8) is 0 Å². The fraction of sp³-hybridized carbons (Fsp3) is 0.480. The number of rotatable bonds is 4. The average Bonchev–Trinajstić information content (AvgIpc) is 3.11. The zero-order valence-electron chi connectivity index (χ0n) is 18.4. The molecular weight excluding hydrogens is 388 g/mol. The molecule has 5 rings (SSSR count). The summed E-state index contributed by atoms with van der Waals surface area (Å²) in [5, 5.41) is 10.7. The average molecular weight is 421 g/mol. The van der Waals surface area contributed by atoms with E-state index in [4.69, 9.17) is 15.5 Å². The Morgan fingerprint density at radius 3 is 2.68 bits per heavy atom. The van der Waals surface area contributed by atoms with Crippen molar-refractivity contribution in [1.82, 2.24) is 14.5 Å². The molecule has 0 bridgehead atoms. The first kappa shape index (κ1) is 20.5. The Labute approximate surface area is 183 Å². The van der Waals surface area contributed by atoms with Crippen LogP contribution in [0.25, 0.3) is 11.0 Å². The van der Waals surface area contributed by atoms with Crippen molar-refractivity contribution < 1.29 is 9.84 Å². The minimum absolute atomic E-state index is 0.117. The van der Waals surface area contributed by atoms with Gasteiger partial charge in [-0.3, -0.25) is 4.90 Å². The standard InChI is InChI=1S/C25H32N4O2/c1-16-7-8-18-19(25(16)30)13-22(31-23(18)14-26)17-9-11-29(12-10-17)15-24-27-20-5-3-4-6-21(20)28(24)2/h3-8,17,22-23,30H,9-15,26H2,1-2H3/t22-,23-/m0/s1. The summed E-state index contributed by atoms with van der Waals surface area (Å²) in [7, 11) is 2.10. The third kappa shape index (κ3) is 3.73. The summed E-state index contributed by atoms with van der Waals surface area (Å²) < 4.78 is 8.65. The molecule has 0 radical (unpaired) electrons. The van der Waals surface area contributed by atoms with Gasteiger partial charge in [-0.15, -0.1) is 0 Å².